The Hall–Kier alpha value is -0.660. The summed E-state index contributed by atoms with van der Waals surface area (Å²) >= 11 is 0. The maximum absolute atomic E-state index is 12.5. The Morgan fingerprint density at radius 3 is 2.50 bits per heavy atom. The van der Waals surface area contributed by atoms with Crippen LogP contribution in [0.2, 0.25) is 0 Å². The average molecular weight is 305 g/mol. The van der Waals surface area contributed by atoms with E-state index in [1.54, 1.807) is 4.90 Å². The van der Waals surface area contributed by atoms with Gasteiger partial charge in [-0.05, 0) is 31.6 Å². The van der Waals surface area contributed by atoms with Gasteiger partial charge in [0.1, 0.15) is 0 Å². The minimum absolute atomic E-state index is 0.00782. The molecule has 0 aromatic rings. The van der Waals surface area contributed by atoms with Crippen molar-refractivity contribution < 1.29 is 13.2 Å². The molecule has 1 atom stereocenters. The summed E-state index contributed by atoms with van der Waals surface area (Å²) in [4.78, 5) is 14.3. The molecule has 0 aliphatic carbocycles. The smallest absolute Gasteiger partial charge is 0.242 e. The zero-order valence-corrected chi connectivity index (χ0v) is 13.5. The molecule has 0 saturated carbocycles. The molecule has 3 N–H and O–H groups in total. The van der Waals surface area contributed by atoms with Crippen molar-refractivity contribution in [2.75, 3.05) is 25.9 Å². The molecule has 0 bridgehead atoms. The summed E-state index contributed by atoms with van der Waals surface area (Å²) in [5.74, 6) is 0.159. The van der Waals surface area contributed by atoms with E-state index in [2.05, 4.69) is 4.72 Å². The van der Waals surface area contributed by atoms with Crippen LogP contribution in [0, 0.1) is 5.92 Å². The first-order chi connectivity index (χ1) is 9.22. The van der Waals surface area contributed by atoms with Gasteiger partial charge in [-0.2, -0.15) is 0 Å². The third-order valence-electron chi connectivity index (χ3n) is 4.13. The molecule has 1 heterocycles. The molecule has 6 nitrogen and oxygen atoms in total. The molecule has 1 aliphatic heterocycles. The summed E-state index contributed by atoms with van der Waals surface area (Å²) in [5, 5.41) is 0. The Kier molecular flexibility index (Phi) is 5.97. The zero-order chi connectivity index (χ0) is 15.4. The number of sulfonamides is 1. The highest BCUT2D eigenvalue weighted by Gasteiger charge is 2.36. The molecule has 1 saturated heterocycles. The number of amides is 1. The molecule has 1 unspecified atom stereocenters. The first kappa shape index (κ1) is 17.4. The van der Waals surface area contributed by atoms with Crippen LogP contribution >= 0.6 is 0 Å². The molecule has 1 aliphatic rings. The number of carbonyl (C=O) groups is 1. The summed E-state index contributed by atoms with van der Waals surface area (Å²) in [5.41, 5.74) is 5.37. The number of hydrogen-bond acceptors (Lipinski definition) is 4. The SMILES string of the molecule is CCC(N)(CC)C(=O)N1CCCC(CNS(C)(=O)=O)C1. The van der Waals surface area contributed by atoms with Gasteiger partial charge in [0.25, 0.3) is 0 Å². The quantitative estimate of drug-likeness (QED) is 0.738. The lowest BCUT2D eigenvalue weighted by atomic mass is 9.90. The lowest BCUT2D eigenvalue weighted by molar-refractivity contribution is -0.139. The highest BCUT2D eigenvalue weighted by atomic mass is 32.2. The van der Waals surface area contributed by atoms with Crippen LogP contribution in [0.1, 0.15) is 39.5 Å². The van der Waals surface area contributed by atoms with Gasteiger partial charge in [0, 0.05) is 19.6 Å². The van der Waals surface area contributed by atoms with Gasteiger partial charge in [0.05, 0.1) is 11.8 Å². The van der Waals surface area contributed by atoms with Gasteiger partial charge in [-0.1, -0.05) is 13.8 Å². The van der Waals surface area contributed by atoms with E-state index < -0.39 is 15.6 Å². The number of likely N-dealkylation sites (tertiary alicyclic amines) is 1. The zero-order valence-electron chi connectivity index (χ0n) is 12.7. The maximum Gasteiger partial charge on any atom is 0.242 e. The third kappa shape index (κ3) is 4.71. The Balaban J connectivity index is 2.62. The molecule has 0 spiro atoms. The summed E-state index contributed by atoms with van der Waals surface area (Å²) in [6.45, 7) is 5.54. The van der Waals surface area contributed by atoms with Crippen molar-refractivity contribution in [1.29, 1.82) is 0 Å². The Bertz CT molecular complexity index is 432. The van der Waals surface area contributed by atoms with E-state index in [9.17, 15) is 13.2 Å². The van der Waals surface area contributed by atoms with E-state index in [-0.39, 0.29) is 11.8 Å². The predicted octanol–water partition coefficient (Wildman–Crippen LogP) is 0.292. The van der Waals surface area contributed by atoms with Crippen molar-refractivity contribution >= 4 is 15.9 Å². The number of nitrogens with one attached hydrogen (secondary N) is 1. The first-order valence-electron chi connectivity index (χ1n) is 7.24. The standard InChI is InChI=1S/C13H27N3O3S/c1-4-13(14,5-2)12(17)16-8-6-7-11(10-16)9-15-20(3,18)19/h11,15H,4-10,14H2,1-3H3. The fraction of sp³-hybridized carbons (Fsp3) is 0.923. The number of hydrogen-bond donors (Lipinski definition) is 2. The highest BCUT2D eigenvalue weighted by molar-refractivity contribution is 7.88. The van der Waals surface area contributed by atoms with Gasteiger partial charge in [0.15, 0.2) is 0 Å². The third-order valence-corrected chi connectivity index (χ3v) is 4.82. The van der Waals surface area contributed by atoms with Crippen LogP contribution < -0.4 is 10.5 Å². The molecule has 0 aromatic heterocycles. The van der Waals surface area contributed by atoms with E-state index in [1.807, 2.05) is 13.8 Å². The van der Waals surface area contributed by atoms with Gasteiger partial charge < -0.3 is 10.6 Å². The normalized spacial score (nSPS) is 21.0. The fourth-order valence-corrected chi connectivity index (χ4v) is 3.09. The topological polar surface area (TPSA) is 92.5 Å². The average Bonchev–Trinajstić information content (AvgIpc) is 2.43. The van der Waals surface area contributed by atoms with Crippen molar-refractivity contribution in [3.63, 3.8) is 0 Å². The Morgan fingerprint density at radius 2 is 2.00 bits per heavy atom. The maximum atomic E-state index is 12.5. The van der Waals surface area contributed by atoms with E-state index in [0.29, 0.717) is 32.5 Å². The summed E-state index contributed by atoms with van der Waals surface area (Å²) in [6.07, 6.45) is 4.21. The first-order valence-corrected chi connectivity index (χ1v) is 9.14. The van der Waals surface area contributed by atoms with Crippen molar-refractivity contribution in [1.82, 2.24) is 9.62 Å². The summed E-state index contributed by atoms with van der Waals surface area (Å²) in [7, 11) is -3.18. The molecule has 7 heteroatoms. The van der Waals surface area contributed by atoms with Gasteiger partial charge in [-0.3, -0.25) is 4.79 Å². The van der Waals surface area contributed by atoms with E-state index in [0.717, 1.165) is 19.1 Å². The Morgan fingerprint density at radius 1 is 1.40 bits per heavy atom. The van der Waals surface area contributed by atoms with Crippen LogP contribution in [0.15, 0.2) is 0 Å². The molecular weight excluding hydrogens is 278 g/mol. The van der Waals surface area contributed by atoms with Crippen LogP contribution in [-0.2, 0) is 14.8 Å². The molecule has 0 radical (unpaired) electrons. The molecule has 0 aromatic carbocycles. The van der Waals surface area contributed by atoms with Crippen LogP contribution in [0.25, 0.3) is 0 Å². The van der Waals surface area contributed by atoms with Gasteiger partial charge in [0.2, 0.25) is 15.9 Å². The number of nitrogens with zero attached hydrogens (tertiary/aromatic N) is 1. The van der Waals surface area contributed by atoms with Crippen molar-refractivity contribution in [2.45, 2.75) is 45.1 Å². The number of nitrogens with two attached hydrogens (primary N) is 1. The monoisotopic (exact) mass is 305 g/mol. The predicted molar refractivity (Wildman–Crippen MR) is 79.7 cm³/mol. The van der Waals surface area contributed by atoms with Crippen molar-refractivity contribution in [3.05, 3.63) is 0 Å². The number of carbonyl (C=O) groups excluding carboxylic acids is 1. The second kappa shape index (κ2) is 6.87. The lowest BCUT2D eigenvalue weighted by Gasteiger charge is -2.38. The lowest BCUT2D eigenvalue weighted by Crippen LogP contribution is -2.57. The largest absolute Gasteiger partial charge is 0.341 e. The van der Waals surface area contributed by atoms with Gasteiger partial charge in [-0.25, -0.2) is 13.1 Å². The van der Waals surface area contributed by atoms with E-state index in [4.69, 9.17) is 5.73 Å². The molecule has 1 amide bonds. The molecule has 1 fully saturated rings. The van der Waals surface area contributed by atoms with Crippen molar-refractivity contribution in [2.24, 2.45) is 11.7 Å². The minimum atomic E-state index is -3.18. The molecular formula is C13H27N3O3S. The number of piperidine rings is 1. The molecule has 20 heavy (non-hydrogen) atoms. The summed E-state index contributed by atoms with van der Waals surface area (Å²) in [6, 6.07) is 0. The molecule has 118 valence electrons. The second-order valence-corrected chi connectivity index (χ2v) is 7.58. The fourth-order valence-electron chi connectivity index (χ4n) is 2.55. The van der Waals surface area contributed by atoms with Gasteiger partial charge in [-0.15, -0.1) is 0 Å². The molecule has 1 rings (SSSR count). The number of rotatable bonds is 6. The summed E-state index contributed by atoms with van der Waals surface area (Å²) < 4.78 is 24.8. The van der Waals surface area contributed by atoms with Crippen LogP contribution in [0.4, 0.5) is 0 Å². The second-order valence-electron chi connectivity index (χ2n) is 5.74. The van der Waals surface area contributed by atoms with Crippen LogP contribution in [-0.4, -0.2) is 50.7 Å². The van der Waals surface area contributed by atoms with Gasteiger partial charge >= 0.3 is 0 Å². The highest BCUT2D eigenvalue weighted by Crippen LogP contribution is 2.21. The van der Waals surface area contributed by atoms with Crippen molar-refractivity contribution in [3.8, 4) is 0 Å². The Labute approximate surface area is 122 Å². The van der Waals surface area contributed by atoms with Crippen LogP contribution in [0.5, 0.6) is 0 Å². The van der Waals surface area contributed by atoms with E-state index in [1.165, 1.54) is 0 Å². The van der Waals surface area contributed by atoms with Crippen LogP contribution in [0.3, 0.4) is 0 Å². The van der Waals surface area contributed by atoms with E-state index >= 15 is 0 Å². The minimum Gasteiger partial charge on any atom is -0.341 e.